The number of aliphatic hydroxyl groups excluding tert-OH is 1. The molecule has 0 radical (unpaired) electrons. The molecule has 4 aromatic rings. The van der Waals surface area contributed by atoms with Crippen molar-refractivity contribution in [2.75, 3.05) is 5.32 Å². The molecule has 1 saturated carbocycles. The normalized spacial score (nSPS) is 18.2. The predicted molar refractivity (Wildman–Crippen MR) is 131 cm³/mol. The van der Waals surface area contributed by atoms with Gasteiger partial charge in [-0.15, -0.1) is 0 Å². The molecular weight excluding hydrogens is 428 g/mol. The summed E-state index contributed by atoms with van der Waals surface area (Å²) in [4.78, 5) is 13.5. The van der Waals surface area contributed by atoms with Crippen LogP contribution in [-0.2, 0) is 6.42 Å². The highest BCUT2D eigenvalue weighted by molar-refractivity contribution is 5.75. The zero-order valence-corrected chi connectivity index (χ0v) is 19.8. The lowest BCUT2D eigenvalue weighted by Crippen LogP contribution is -2.26. The highest BCUT2D eigenvalue weighted by atomic mass is 16.5. The summed E-state index contributed by atoms with van der Waals surface area (Å²) in [6.07, 6.45) is 7.71. The number of aliphatic hydroxyl groups is 1. The second-order valence-electron chi connectivity index (χ2n) is 8.97. The average Bonchev–Trinajstić information content (AvgIpc) is 3.22. The predicted octanol–water partition coefficient (Wildman–Crippen LogP) is 4.79. The van der Waals surface area contributed by atoms with Crippen molar-refractivity contribution in [3.8, 4) is 16.9 Å². The van der Waals surface area contributed by atoms with Crippen molar-refractivity contribution in [3.63, 3.8) is 0 Å². The third kappa shape index (κ3) is 4.87. The number of aryl methyl sites for hydroxylation is 3. The lowest BCUT2D eigenvalue weighted by molar-refractivity contribution is 0.0667. The minimum atomic E-state index is -0.206. The molecule has 1 aliphatic carbocycles. The van der Waals surface area contributed by atoms with Crippen LogP contribution in [0.2, 0.25) is 0 Å². The van der Waals surface area contributed by atoms with Gasteiger partial charge in [0.15, 0.2) is 5.82 Å². The molecule has 8 nitrogen and oxygen atoms in total. The Hall–Kier alpha value is -3.52. The summed E-state index contributed by atoms with van der Waals surface area (Å²) in [7, 11) is 0. The summed E-state index contributed by atoms with van der Waals surface area (Å²) in [6, 6.07) is 10.1. The van der Waals surface area contributed by atoms with E-state index in [9.17, 15) is 5.11 Å². The van der Waals surface area contributed by atoms with E-state index in [1.807, 2.05) is 55.9 Å². The van der Waals surface area contributed by atoms with Gasteiger partial charge in [-0.1, -0.05) is 6.92 Å². The number of hydrogen-bond donors (Lipinski definition) is 2. The SMILES string of the molecule is CCc1nc(C)cc(Nc2cc3cc(-c4cc(C)ncc4OC4CCC(O)CC4)ccn3n2)n1. The Morgan fingerprint density at radius 1 is 1.03 bits per heavy atom. The summed E-state index contributed by atoms with van der Waals surface area (Å²) in [5.41, 5.74) is 4.87. The molecule has 0 aromatic carbocycles. The first-order valence-electron chi connectivity index (χ1n) is 11.9. The zero-order chi connectivity index (χ0) is 23.7. The minimum absolute atomic E-state index is 0.102. The van der Waals surface area contributed by atoms with E-state index in [4.69, 9.17) is 4.74 Å². The smallest absolute Gasteiger partial charge is 0.154 e. The number of nitrogens with one attached hydrogen (secondary N) is 1. The molecule has 34 heavy (non-hydrogen) atoms. The monoisotopic (exact) mass is 458 g/mol. The molecule has 0 aliphatic heterocycles. The maximum atomic E-state index is 9.81. The molecule has 0 spiro atoms. The number of nitrogens with zero attached hydrogens (tertiary/aromatic N) is 5. The first-order chi connectivity index (χ1) is 16.5. The number of fused-ring (bicyclic) bond motifs is 1. The van der Waals surface area contributed by atoms with Gasteiger partial charge < -0.3 is 15.2 Å². The van der Waals surface area contributed by atoms with Crippen LogP contribution in [0.4, 0.5) is 11.6 Å². The maximum Gasteiger partial charge on any atom is 0.154 e. The highest BCUT2D eigenvalue weighted by Gasteiger charge is 2.22. The number of pyridine rings is 2. The Balaban J connectivity index is 1.42. The molecule has 5 rings (SSSR count). The highest BCUT2D eigenvalue weighted by Crippen LogP contribution is 2.34. The van der Waals surface area contributed by atoms with Gasteiger partial charge in [0.25, 0.3) is 0 Å². The number of rotatable bonds is 6. The summed E-state index contributed by atoms with van der Waals surface area (Å²) < 4.78 is 8.20. The van der Waals surface area contributed by atoms with Crippen molar-refractivity contribution in [1.29, 1.82) is 0 Å². The largest absolute Gasteiger partial charge is 0.488 e. The Kier molecular flexibility index (Phi) is 6.15. The zero-order valence-electron chi connectivity index (χ0n) is 19.8. The van der Waals surface area contributed by atoms with E-state index in [2.05, 4.69) is 37.5 Å². The quantitative estimate of drug-likeness (QED) is 0.429. The molecular formula is C26H30N6O2. The average molecular weight is 459 g/mol. The molecule has 4 aromatic heterocycles. The van der Waals surface area contributed by atoms with Crippen molar-refractivity contribution in [3.05, 3.63) is 59.9 Å². The van der Waals surface area contributed by atoms with Crippen LogP contribution in [0, 0.1) is 13.8 Å². The number of aromatic nitrogens is 5. The first kappa shape index (κ1) is 22.3. The third-order valence-corrected chi connectivity index (χ3v) is 6.19. The van der Waals surface area contributed by atoms with E-state index >= 15 is 0 Å². The van der Waals surface area contributed by atoms with Crippen LogP contribution in [0.1, 0.15) is 49.8 Å². The van der Waals surface area contributed by atoms with Gasteiger partial charge in [0.1, 0.15) is 17.4 Å². The lowest BCUT2D eigenvalue weighted by Gasteiger charge is -2.27. The van der Waals surface area contributed by atoms with E-state index in [0.717, 1.165) is 83.3 Å². The van der Waals surface area contributed by atoms with Gasteiger partial charge >= 0.3 is 0 Å². The Morgan fingerprint density at radius 2 is 1.85 bits per heavy atom. The molecule has 0 unspecified atom stereocenters. The molecule has 1 aliphatic rings. The summed E-state index contributed by atoms with van der Waals surface area (Å²) >= 11 is 0. The molecule has 4 heterocycles. The fourth-order valence-electron chi connectivity index (χ4n) is 4.42. The summed E-state index contributed by atoms with van der Waals surface area (Å²) in [5, 5.41) is 17.8. The molecule has 8 heteroatoms. The van der Waals surface area contributed by atoms with E-state index in [-0.39, 0.29) is 12.2 Å². The molecule has 0 saturated heterocycles. The van der Waals surface area contributed by atoms with Crippen LogP contribution in [0.25, 0.3) is 16.6 Å². The topological polar surface area (TPSA) is 97.5 Å². The molecule has 1 fully saturated rings. The van der Waals surface area contributed by atoms with Crippen molar-refractivity contribution < 1.29 is 9.84 Å². The number of hydrogen-bond acceptors (Lipinski definition) is 7. The lowest BCUT2D eigenvalue weighted by atomic mass is 9.95. The van der Waals surface area contributed by atoms with Gasteiger partial charge in [-0.2, -0.15) is 5.10 Å². The van der Waals surface area contributed by atoms with Crippen LogP contribution in [0.15, 0.2) is 42.7 Å². The molecule has 176 valence electrons. The Bertz CT molecular complexity index is 1310. The van der Waals surface area contributed by atoms with Gasteiger partial charge in [0.05, 0.1) is 23.9 Å². The Morgan fingerprint density at radius 3 is 2.65 bits per heavy atom. The first-order valence-corrected chi connectivity index (χ1v) is 11.9. The second-order valence-corrected chi connectivity index (χ2v) is 8.97. The van der Waals surface area contributed by atoms with Crippen LogP contribution in [0.3, 0.4) is 0 Å². The summed E-state index contributed by atoms with van der Waals surface area (Å²) in [6.45, 7) is 5.99. The number of anilines is 2. The van der Waals surface area contributed by atoms with E-state index < -0.39 is 0 Å². The van der Waals surface area contributed by atoms with Crippen molar-refractivity contribution >= 4 is 17.2 Å². The van der Waals surface area contributed by atoms with Crippen LogP contribution in [0.5, 0.6) is 5.75 Å². The number of ether oxygens (including phenoxy) is 1. The fraction of sp³-hybridized carbons (Fsp3) is 0.385. The van der Waals surface area contributed by atoms with Crippen molar-refractivity contribution in [2.45, 2.75) is 65.1 Å². The van der Waals surface area contributed by atoms with Gasteiger partial charge in [0, 0.05) is 41.7 Å². The molecule has 0 bridgehead atoms. The molecule has 0 atom stereocenters. The Labute approximate surface area is 199 Å². The van der Waals surface area contributed by atoms with E-state index in [1.54, 1.807) is 0 Å². The van der Waals surface area contributed by atoms with Crippen LogP contribution < -0.4 is 10.1 Å². The maximum absolute atomic E-state index is 9.81. The van der Waals surface area contributed by atoms with Gasteiger partial charge in [-0.3, -0.25) is 4.98 Å². The standard InChI is InChI=1S/C26H30N6O2/c1-4-24-28-17(3)12-25(29-24)30-26-14-19-13-18(9-10-32(19)31-26)22-11-16(2)27-15-23(22)34-21-7-5-20(33)6-8-21/h9-15,20-21,33H,4-8H2,1-3H3,(H,28,29,30,31). The fourth-order valence-corrected chi connectivity index (χ4v) is 4.42. The van der Waals surface area contributed by atoms with E-state index in [1.165, 1.54) is 0 Å². The van der Waals surface area contributed by atoms with Crippen LogP contribution >= 0.6 is 0 Å². The van der Waals surface area contributed by atoms with Gasteiger partial charge in [-0.25, -0.2) is 14.5 Å². The third-order valence-electron chi connectivity index (χ3n) is 6.19. The molecule has 2 N–H and O–H groups in total. The summed E-state index contributed by atoms with van der Waals surface area (Å²) in [5.74, 6) is 3.05. The van der Waals surface area contributed by atoms with Crippen molar-refractivity contribution in [2.24, 2.45) is 0 Å². The van der Waals surface area contributed by atoms with Crippen LogP contribution in [-0.4, -0.2) is 41.9 Å². The minimum Gasteiger partial charge on any atom is -0.488 e. The van der Waals surface area contributed by atoms with Gasteiger partial charge in [-0.05, 0) is 63.3 Å². The van der Waals surface area contributed by atoms with Gasteiger partial charge in [0.2, 0.25) is 0 Å². The molecule has 0 amide bonds. The second kappa shape index (κ2) is 9.38. The van der Waals surface area contributed by atoms with Crippen molar-refractivity contribution in [1.82, 2.24) is 24.6 Å². The van der Waals surface area contributed by atoms with E-state index in [0.29, 0.717) is 0 Å².